The molecule has 52 heavy (non-hydrogen) atoms. The molecule has 0 saturated carbocycles. The van der Waals surface area contributed by atoms with Crippen LogP contribution in [0.1, 0.15) is 46.7 Å². The lowest BCUT2D eigenvalue weighted by molar-refractivity contribution is -0.141. The molecule has 2 aromatic carbocycles. The van der Waals surface area contributed by atoms with Gasteiger partial charge in [0, 0.05) is 57.2 Å². The Kier molecular flexibility index (Phi) is 9.70. The van der Waals surface area contributed by atoms with E-state index in [4.69, 9.17) is 28.9 Å². The third kappa shape index (κ3) is 6.83. The first-order valence-corrected chi connectivity index (χ1v) is 17.0. The van der Waals surface area contributed by atoms with Gasteiger partial charge < -0.3 is 28.9 Å². The van der Waals surface area contributed by atoms with Gasteiger partial charge in [0.25, 0.3) is 0 Å². The molecule has 262 valence electrons. The summed E-state index contributed by atoms with van der Waals surface area (Å²) in [6.45, 7) is 0. The molecule has 5 aromatic rings. The first kappa shape index (κ1) is 34.0. The molecule has 0 aliphatic carbocycles. The van der Waals surface area contributed by atoms with E-state index in [2.05, 4.69) is 9.97 Å². The monoisotopic (exact) mass is 694 g/mol. The quantitative estimate of drug-likeness (QED) is 0.137. The Morgan fingerprint density at radius 3 is 1.23 bits per heavy atom. The van der Waals surface area contributed by atoms with E-state index >= 15 is 0 Å². The zero-order valence-corrected chi connectivity index (χ0v) is 29.4. The van der Waals surface area contributed by atoms with Gasteiger partial charge in [-0.1, -0.05) is 24.3 Å². The Morgan fingerprint density at radius 1 is 0.500 bits per heavy atom. The average molecular weight is 695 g/mol. The molecule has 0 atom stereocenters. The Labute approximate surface area is 300 Å². The van der Waals surface area contributed by atoms with Crippen molar-refractivity contribution < 1.29 is 28.5 Å². The van der Waals surface area contributed by atoms with Crippen molar-refractivity contribution in [2.75, 3.05) is 28.4 Å². The Morgan fingerprint density at radius 2 is 0.865 bits per heavy atom. The number of methoxy groups -OCH3 is 4. The van der Waals surface area contributed by atoms with Crippen molar-refractivity contribution >= 4 is 58.3 Å². The van der Waals surface area contributed by atoms with E-state index in [0.717, 1.165) is 89.7 Å². The summed E-state index contributed by atoms with van der Waals surface area (Å²) < 4.78 is 20.9. The standard InChI is InChI=1S/C42H38N4O6/c1-49-27-9-5-25(6-10-27)41-35-19-15-31(43-35)29(13-23-39(47)51-3)33-17-21-37(45-33)42(26-7-11-28(50-2)12-8-26)38-22-18-34(46-38)30(14-24-40(48)52-4)32-16-20-36(41)44-32/h5-12,15-22,43,46H,13-14,23-24H2,1-4H3. The number of hydrogen-bond donors (Lipinski definition) is 2. The number of ether oxygens (including phenoxy) is 4. The minimum atomic E-state index is -0.305. The number of fused-ring (bicyclic) bond motifs is 8. The summed E-state index contributed by atoms with van der Waals surface area (Å²) in [7, 11) is 6.07. The fraction of sp³-hybridized carbons (Fsp3) is 0.190. The number of aromatic nitrogens is 4. The predicted molar refractivity (Wildman–Crippen MR) is 204 cm³/mol. The van der Waals surface area contributed by atoms with Crippen molar-refractivity contribution in [3.05, 3.63) is 107 Å². The van der Waals surface area contributed by atoms with Crippen LogP contribution in [0, 0.1) is 0 Å². The Hall–Kier alpha value is -6.42. The lowest BCUT2D eigenvalue weighted by Gasteiger charge is -2.07. The lowest BCUT2D eigenvalue weighted by Crippen LogP contribution is -2.03. The summed E-state index contributed by atoms with van der Waals surface area (Å²) in [6, 6.07) is 23.8. The summed E-state index contributed by atoms with van der Waals surface area (Å²) in [5.74, 6) is 0.870. The number of hydrogen-bond acceptors (Lipinski definition) is 8. The van der Waals surface area contributed by atoms with Crippen molar-refractivity contribution in [1.82, 2.24) is 19.9 Å². The van der Waals surface area contributed by atoms with E-state index in [1.165, 1.54) is 14.2 Å². The zero-order valence-electron chi connectivity index (χ0n) is 29.4. The van der Waals surface area contributed by atoms with Crippen LogP contribution in [0.4, 0.5) is 0 Å². The molecule has 3 aromatic heterocycles. The van der Waals surface area contributed by atoms with E-state index in [1.807, 2.05) is 97.1 Å². The molecular formula is C42H38N4O6. The molecule has 2 aliphatic rings. The summed E-state index contributed by atoms with van der Waals surface area (Å²) in [5, 5.41) is 0. The van der Waals surface area contributed by atoms with Crippen molar-refractivity contribution in [3.8, 4) is 33.8 Å². The lowest BCUT2D eigenvalue weighted by atomic mass is 10.0. The number of carbonyl (C=O) groups is 2. The molecule has 10 nitrogen and oxygen atoms in total. The number of carbonyl (C=O) groups excluding carboxylic acids is 2. The Bertz CT molecular complexity index is 2220. The molecule has 0 amide bonds. The number of aryl methyl sites for hydroxylation is 2. The minimum absolute atomic E-state index is 0.185. The molecule has 8 bridgehead atoms. The molecule has 0 radical (unpaired) electrons. The molecule has 0 fully saturated rings. The molecule has 0 spiro atoms. The van der Waals surface area contributed by atoms with Crippen LogP contribution in [0.2, 0.25) is 0 Å². The van der Waals surface area contributed by atoms with Crippen LogP contribution < -0.4 is 9.47 Å². The number of aromatic amines is 2. The topological polar surface area (TPSA) is 128 Å². The normalized spacial score (nSPS) is 11.8. The molecule has 2 N–H and O–H groups in total. The molecule has 2 aliphatic heterocycles. The third-order valence-electron chi connectivity index (χ3n) is 9.34. The van der Waals surface area contributed by atoms with Gasteiger partial charge in [0.05, 0.1) is 51.2 Å². The number of rotatable bonds is 10. The highest BCUT2D eigenvalue weighted by molar-refractivity contribution is 5.94. The van der Waals surface area contributed by atoms with Crippen molar-refractivity contribution in [3.63, 3.8) is 0 Å². The minimum Gasteiger partial charge on any atom is -0.497 e. The van der Waals surface area contributed by atoms with Crippen LogP contribution in [-0.4, -0.2) is 60.3 Å². The molecule has 7 rings (SSSR count). The first-order chi connectivity index (χ1) is 25.4. The smallest absolute Gasteiger partial charge is 0.305 e. The second kappa shape index (κ2) is 14.8. The third-order valence-corrected chi connectivity index (χ3v) is 9.34. The van der Waals surface area contributed by atoms with Gasteiger partial charge >= 0.3 is 11.9 Å². The van der Waals surface area contributed by atoms with Gasteiger partial charge in [0.1, 0.15) is 11.5 Å². The van der Waals surface area contributed by atoms with Gasteiger partial charge in [-0.25, -0.2) is 9.97 Å². The summed E-state index contributed by atoms with van der Waals surface area (Å²) in [5.41, 5.74) is 11.7. The summed E-state index contributed by atoms with van der Waals surface area (Å²) in [6.07, 6.45) is 9.15. The van der Waals surface area contributed by atoms with E-state index in [9.17, 15) is 9.59 Å². The molecule has 5 heterocycles. The number of esters is 2. The zero-order chi connectivity index (χ0) is 36.2. The summed E-state index contributed by atoms with van der Waals surface area (Å²) >= 11 is 0. The highest BCUT2D eigenvalue weighted by Crippen LogP contribution is 2.35. The second-order valence-corrected chi connectivity index (χ2v) is 12.3. The van der Waals surface area contributed by atoms with Crippen molar-refractivity contribution in [2.24, 2.45) is 0 Å². The first-order valence-electron chi connectivity index (χ1n) is 17.0. The molecule has 0 unspecified atom stereocenters. The van der Waals surface area contributed by atoms with E-state index in [-0.39, 0.29) is 24.8 Å². The maximum absolute atomic E-state index is 12.4. The largest absolute Gasteiger partial charge is 0.497 e. The van der Waals surface area contributed by atoms with Crippen LogP contribution >= 0.6 is 0 Å². The van der Waals surface area contributed by atoms with Crippen LogP contribution in [0.25, 0.3) is 68.6 Å². The predicted octanol–water partition coefficient (Wildman–Crippen LogP) is 8.22. The van der Waals surface area contributed by atoms with Crippen LogP contribution in [0.5, 0.6) is 11.5 Å². The van der Waals surface area contributed by atoms with E-state index < -0.39 is 0 Å². The molecule has 0 saturated heterocycles. The summed E-state index contributed by atoms with van der Waals surface area (Å²) in [4.78, 5) is 42.5. The SMILES string of the molecule is COC(=O)CCc1c2nc(c(-c3ccc(OC)cc3)c3ccc([nH]3)c(CCC(=O)OC)c3nc(c(-c4ccc(OC)cc4)c4ccc1[nH]4)C=C3)C=C2. The maximum Gasteiger partial charge on any atom is 0.305 e. The Balaban J connectivity index is 1.59. The van der Waals surface area contributed by atoms with Gasteiger partial charge in [-0.05, 0) is 96.8 Å². The van der Waals surface area contributed by atoms with Gasteiger partial charge in [-0.3, -0.25) is 9.59 Å². The van der Waals surface area contributed by atoms with Crippen LogP contribution in [-0.2, 0) is 31.9 Å². The number of nitrogens with one attached hydrogen (secondary N) is 2. The van der Waals surface area contributed by atoms with E-state index in [0.29, 0.717) is 12.8 Å². The van der Waals surface area contributed by atoms with Gasteiger partial charge in [0.2, 0.25) is 0 Å². The fourth-order valence-corrected chi connectivity index (χ4v) is 6.63. The van der Waals surface area contributed by atoms with E-state index in [1.54, 1.807) is 14.2 Å². The molecule has 10 heteroatoms. The van der Waals surface area contributed by atoms with Crippen molar-refractivity contribution in [2.45, 2.75) is 25.7 Å². The molecular weight excluding hydrogens is 656 g/mol. The number of benzene rings is 2. The highest BCUT2D eigenvalue weighted by Gasteiger charge is 2.19. The van der Waals surface area contributed by atoms with Gasteiger partial charge in [-0.15, -0.1) is 0 Å². The highest BCUT2D eigenvalue weighted by atomic mass is 16.5. The van der Waals surface area contributed by atoms with Crippen LogP contribution in [0.15, 0.2) is 72.8 Å². The number of H-pyrrole nitrogens is 2. The fourth-order valence-electron chi connectivity index (χ4n) is 6.63. The average Bonchev–Trinajstić information content (AvgIpc) is 4.02. The van der Waals surface area contributed by atoms with Gasteiger partial charge in [0.15, 0.2) is 0 Å². The number of nitrogens with zero attached hydrogens (tertiary/aromatic N) is 2. The maximum atomic E-state index is 12.4. The van der Waals surface area contributed by atoms with Gasteiger partial charge in [-0.2, -0.15) is 0 Å². The van der Waals surface area contributed by atoms with Crippen LogP contribution in [0.3, 0.4) is 0 Å². The second-order valence-electron chi connectivity index (χ2n) is 12.3. The van der Waals surface area contributed by atoms with Crippen molar-refractivity contribution in [1.29, 1.82) is 0 Å².